The smallest absolute Gasteiger partial charge is 0.292 e. The Hall–Kier alpha value is -2.08. The SMILES string of the molecule is N=C1O[C@H]2CSC[C@H]2N1C(=O)c1cccc2cccnc12. The fourth-order valence-corrected chi connectivity index (χ4v) is 4.14. The van der Waals surface area contributed by atoms with Gasteiger partial charge >= 0.3 is 0 Å². The van der Waals surface area contributed by atoms with Crippen LogP contribution in [0.1, 0.15) is 10.4 Å². The van der Waals surface area contributed by atoms with Crippen molar-refractivity contribution in [2.24, 2.45) is 0 Å². The van der Waals surface area contributed by atoms with Gasteiger partial charge in [-0.15, -0.1) is 0 Å². The highest BCUT2D eigenvalue weighted by molar-refractivity contribution is 7.99. The number of thioether (sulfide) groups is 1. The molecule has 1 aromatic carbocycles. The van der Waals surface area contributed by atoms with Gasteiger partial charge in [-0.05, 0) is 12.1 Å². The zero-order valence-electron chi connectivity index (χ0n) is 11.2. The van der Waals surface area contributed by atoms with Gasteiger partial charge in [0.25, 0.3) is 11.9 Å². The lowest BCUT2D eigenvalue weighted by Gasteiger charge is -2.19. The van der Waals surface area contributed by atoms with Crippen LogP contribution in [0, 0.1) is 5.41 Å². The molecule has 0 radical (unpaired) electrons. The van der Waals surface area contributed by atoms with Crippen LogP contribution in [0.3, 0.4) is 0 Å². The Labute approximate surface area is 125 Å². The second kappa shape index (κ2) is 4.73. The number of amidine groups is 1. The van der Waals surface area contributed by atoms with Gasteiger partial charge in [-0.1, -0.05) is 18.2 Å². The van der Waals surface area contributed by atoms with E-state index in [0.717, 1.165) is 16.9 Å². The lowest BCUT2D eigenvalue weighted by atomic mass is 10.1. The van der Waals surface area contributed by atoms with E-state index in [9.17, 15) is 4.79 Å². The van der Waals surface area contributed by atoms with Gasteiger partial charge < -0.3 is 4.74 Å². The van der Waals surface area contributed by atoms with Crippen LogP contribution < -0.4 is 0 Å². The second-order valence-corrected chi connectivity index (χ2v) is 6.20. The van der Waals surface area contributed by atoms with E-state index in [-0.39, 0.29) is 24.1 Å². The molecule has 2 fully saturated rings. The average Bonchev–Trinajstić information content (AvgIpc) is 3.06. The number of nitrogens with one attached hydrogen (secondary N) is 1. The number of rotatable bonds is 1. The molecular weight excluding hydrogens is 286 g/mol. The predicted octanol–water partition coefficient (Wildman–Crippen LogP) is 2.13. The van der Waals surface area contributed by atoms with Gasteiger partial charge in [0.05, 0.1) is 17.1 Å². The lowest BCUT2D eigenvalue weighted by Crippen LogP contribution is -2.41. The molecule has 0 bridgehead atoms. The molecule has 1 N–H and O–H groups in total. The zero-order chi connectivity index (χ0) is 14.4. The number of hydrogen-bond donors (Lipinski definition) is 1. The predicted molar refractivity (Wildman–Crippen MR) is 81.6 cm³/mol. The first-order valence-electron chi connectivity index (χ1n) is 6.76. The Kier molecular flexibility index (Phi) is 2.85. The summed E-state index contributed by atoms with van der Waals surface area (Å²) in [5.74, 6) is 1.46. The summed E-state index contributed by atoms with van der Waals surface area (Å²) < 4.78 is 5.50. The highest BCUT2D eigenvalue weighted by Gasteiger charge is 2.46. The highest BCUT2D eigenvalue weighted by atomic mass is 32.2. The van der Waals surface area contributed by atoms with Crippen molar-refractivity contribution in [1.29, 1.82) is 5.41 Å². The number of pyridine rings is 1. The standard InChI is InChI=1S/C15H13N3O2S/c16-15-18(11-7-21-8-12(11)20-15)14(19)10-5-1-3-9-4-2-6-17-13(9)10/h1-6,11-12,16H,7-8H2/t11-,12+/m1/s1. The molecule has 5 nitrogen and oxygen atoms in total. The van der Waals surface area contributed by atoms with Gasteiger partial charge in [0.1, 0.15) is 6.10 Å². The van der Waals surface area contributed by atoms with Crippen molar-refractivity contribution in [3.63, 3.8) is 0 Å². The van der Waals surface area contributed by atoms with E-state index in [1.165, 1.54) is 4.90 Å². The number of carbonyl (C=O) groups is 1. The van der Waals surface area contributed by atoms with Crippen molar-refractivity contribution in [2.45, 2.75) is 12.1 Å². The van der Waals surface area contributed by atoms with Gasteiger partial charge in [0.2, 0.25) is 0 Å². The first kappa shape index (κ1) is 12.6. The number of benzene rings is 1. The number of para-hydroxylation sites is 1. The molecule has 2 aliphatic heterocycles. The fraction of sp³-hybridized carbons (Fsp3) is 0.267. The summed E-state index contributed by atoms with van der Waals surface area (Å²) >= 11 is 1.76. The number of ether oxygens (including phenoxy) is 1. The molecule has 2 saturated heterocycles. The minimum atomic E-state index is -0.195. The van der Waals surface area contributed by atoms with E-state index in [1.807, 2.05) is 24.3 Å². The summed E-state index contributed by atoms with van der Waals surface area (Å²) in [5.41, 5.74) is 1.20. The number of carbonyl (C=O) groups excluding carboxylic acids is 1. The summed E-state index contributed by atoms with van der Waals surface area (Å²) in [4.78, 5) is 18.7. The Bertz CT molecular complexity index is 743. The molecule has 2 atom stereocenters. The van der Waals surface area contributed by atoms with Gasteiger partial charge in [-0.3, -0.25) is 20.1 Å². The molecule has 21 heavy (non-hydrogen) atoms. The van der Waals surface area contributed by atoms with Gasteiger partial charge in [-0.25, -0.2) is 0 Å². The number of amides is 1. The Morgan fingerprint density at radius 2 is 2.19 bits per heavy atom. The molecule has 0 saturated carbocycles. The topological polar surface area (TPSA) is 66.3 Å². The molecule has 0 spiro atoms. The van der Waals surface area contributed by atoms with Crippen molar-refractivity contribution in [3.8, 4) is 0 Å². The zero-order valence-corrected chi connectivity index (χ0v) is 12.0. The Morgan fingerprint density at radius 1 is 1.33 bits per heavy atom. The molecule has 6 heteroatoms. The maximum atomic E-state index is 12.9. The summed E-state index contributed by atoms with van der Waals surface area (Å²) in [5, 5.41) is 8.87. The normalized spacial score (nSPS) is 24.2. The number of aromatic nitrogens is 1. The molecule has 1 aromatic heterocycles. The summed E-state index contributed by atoms with van der Waals surface area (Å²) in [6.45, 7) is 0. The molecule has 3 heterocycles. The molecule has 1 amide bonds. The minimum Gasteiger partial charge on any atom is -0.459 e. The second-order valence-electron chi connectivity index (χ2n) is 5.12. The average molecular weight is 299 g/mol. The van der Waals surface area contributed by atoms with Gasteiger partial charge in [0.15, 0.2) is 0 Å². The maximum Gasteiger partial charge on any atom is 0.292 e. The Morgan fingerprint density at radius 3 is 3.10 bits per heavy atom. The van der Waals surface area contributed by atoms with Crippen molar-refractivity contribution < 1.29 is 9.53 Å². The van der Waals surface area contributed by atoms with Crippen molar-refractivity contribution in [3.05, 3.63) is 42.1 Å². The van der Waals surface area contributed by atoms with E-state index in [4.69, 9.17) is 10.1 Å². The van der Waals surface area contributed by atoms with E-state index in [2.05, 4.69) is 4.98 Å². The molecule has 106 valence electrons. The van der Waals surface area contributed by atoms with Crippen LogP contribution in [0.4, 0.5) is 0 Å². The first-order chi connectivity index (χ1) is 10.3. The molecule has 0 aliphatic carbocycles. The van der Waals surface area contributed by atoms with Crippen LogP contribution in [0.15, 0.2) is 36.5 Å². The first-order valence-corrected chi connectivity index (χ1v) is 7.91. The van der Waals surface area contributed by atoms with Gasteiger partial charge in [-0.2, -0.15) is 11.8 Å². The van der Waals surface area contributed by atoms with Crippen molar-refractivity contribution in [2.75, 3.05) is 11.5 Å². The third-order valence-corrected chi connectivity index (χ3v) is 5.04. The molecule has 2 aromatic rings. The summed E-state index contributed by atoms with van der Waals surface area (Å²) in [6, 6.07) is 9.25. The third-order valence-electron chi connectivity index (χ3n) is 3.90. The summed E-state index contributed by atoms with van der Waals surface area (Å²) in [7, 11) is 0. The quantitative estimate of drug-likeness (QED) is 0.876. The van der Waals surface area contributed by atoms with Crippen molar-refractivity contribution in [1.82, 2.24) is 9.88 Å². The minimum absolute atomic E-state index is 0.0334. The van der Waals surface area contributed by atoms with Crippen LogP contribution in [-0.4, -0.2) is 45.5 Å². The van der Waals surface area contributed by atoms with E-state index < -0.39 is 0 Å². The molecular formula is C15H13N3O2S. The van der Waals surface area contributed by atoms with Crippen LogP contribution in [0.2, 0.25) is 0 Å². The van der Waals surface area contributed by atoms with Crippen LogP contribution in [-0.2, 0) is 4.74 Å². The number of hydrogen-bond acceptors (Lipinski definition) is 5. The maximum absolute atomic E-state index is 12.9. The van der Waals surface area contributed by atoms with Crippen LogP contribution in [0.25, 0.3) is 10.9 Å². The largest absolute Gasteiger partial charge is 0.459 e. The number of nitrogens with zero attached hydrogens (tertiary/aromatic N) is 2. The van der Waals surface area contributed by atoms with Crippen LogP contribution >= 0.6 is 11.8 Å². The summed E-state index contributed by atoms with van der Waals surface area (Å²) in [6.07, 6.45) is 1.63. The molecule has 2 aliphatic rings. The highest BCUT2D eigenvalue weighted by Crippen LogP contribution is 2.33. The van der Waals surface area contributed by atoms with Crippen molar-refractivity contribution >= 4 is 34.6 Å². The monoisotopic (exact) mass is 299 g/mol. The number of fused-ring (bicyclic) bond motifs is 2. The van der Waals surface area contributed by atoms with E-state index >= 15 is 0 Å². The molecule has 4 rings (SSSR count). The Balaban J connectivity index is 1.78. The fourth-order valence-electron chi connectivity index (χ4n) is 2.88. The van der Waals surface area contributed by atoms with Gasteiger partial charge in [0, 0.05) is 23.1 Å². The lowest BCUT2D eigenvalue weighted by molar-refractivity contribution is 0.0825. The molecule has 0 unspecified atom stereocenters. The van der Waals surface area contributed by atoms with E-state index in [0.29, 0.717) is 11.1 Å². The van der Waals surface area contributed by atoms with E-state index in [1.54, 1.807) is 24.0 Å². The van der Waals surface area contributed by atoms with Crippen LogP contribution in [0.5, 0.6) is 0 Å². The third kappa shape index (κ3) is 1.90.